The quantitative estimate of drug-likeness (QED) is 0.533. The van der Waals surface area contributed by atoms with Crippen molar-refractivity contribution in [3.05, 3.63) is 11.8 Å². The molecule has 13 heavy (non-hydrogen) atoms. The summed E-state index contributed by atoms with van der Waals surface area (Å²) < 4.78 is 17.1. The number of fused-ring (bicyclic) bond motifs is 2. The highest BCUT2D eigenvalue weighted by atomic mass is 16.8. The van der Waals surface area contributed by atoms with Crippen LogP contribution >= 0.6 is 0 Å². The lowest BCUT2D eigenvalue weighted by molar-refractivity contribution is -0.247. The Labute approximate surface area is 77.7 Å². The van der Waals surface area contributed by atoms with Gasteiger partial charge in [-0.2, -0.15) is 0 Å². The summed E-state index contributed by atoms with van der Waals surface area (Å²) in [5.74, 6) is 0.486. The van der Waals surface area contributed by atoms with Crippen molar-refractivity contribution >= 4 is 0 Å². The van der Waals surface area contributed by atoms with Crippen molar-refractivity contribution in [2.75, 3.05) is 6.61 Å². The van der Waals surface area contributed by atoms with E-state index in [4.69, 9.17) is 14.2 Å². The minimum absolute atomic E-state index is 0.178. The van der Waals surface area contributed by atoms with E-state index in [9.17, 15) is 0 Å². The monoisotopic (exact) mass is 182 g/mol. The zero-order chi connectivity index (χ0) is 9.10. The second-order valence-electron chi connectivity index (χ2n) is 4.23. The van der Waals surface area contributed by atoms with Gasteiger partial charge in [-0.1, -0.05) is 0 Å². The predicted octanol–water partition coefficient (Wildman–Crippen LogP) is 1.58. The van der Waals surface area contributed by atoms with Crippen molar-refractivity contribution in [3.63, 3.8) is 0 Å². The zero-order valence-corrected chi connectivity index (χ0v) is 8.00. The molecule has 3 aliphatic heterocycles. The maximum absolute atomic E-state index is 5.81. The molecule has 0 radical (unpaired) electrons. The number of allylic oxidation sites excluding steroid dienone is 2. The van der Waals surface area contributed by atoms with Gasteiger partial charge in [0.2, 0.25) is 5.79 Å². The minimum Gasteiger partial charge on any atom is -0.464 e. The third-order valence-corrected chi connectivity index (χ3v) is 3.40. The van der Waals surface area contributed by atoms with Crippen LogP contribution in [0.15, 0.2) is 11.8 Å². The summed E-state index contributed by atoms with van der Waals surface area (Å²) in [6, 6.07) is 0. The van der Waals surface area contributed by atoms with Gasteiger partial charge in [0.25, 0.3) is 0 Å². The standard InChI is InChI=1S/C10H14O3/c1-7-4-3-5-10(12-7)9(2)8(13-9)6-11-10/h4,8H,3,5-6H2,1-2H3/t8-,9-,10+/m0/s1. The average Bonchev–Trinajstić information content (AvgIpc) is 2.69. The Morgan fingerprint density at radius 2 is 2.38 bits per heavy atom. The first-order valence-electron chi connectivity index (χ1n) is 4.84. The molecule has 3 rings (SSSR count). The zero-order valence-electron chi connectivity index (χ0n) is 8.00. The normalized spacial score (nSPS) is 52.8. The van der Waals surface area contributed by atoms with Crippen LogP contribution in [0.3, 0.4) is 0 Å². The van der Waals surface area contributed by atoms with Crippen LogP contribution in [0, 0.1) is 0 Å². The highest BCUT2D eigenvalue weighted by Gasteiger charge is 2.74. The molecule has 0 N–H and O–H groups in total. The first-order chi connectivity index (χ1) is 6.16. The third-order valence-electron chi connectivity index (χ3n) is 3.40. The van der Waals surface area contributed by atoms with Crippen LogP contribution in [-0.4, -0.2) is 24.1 Å². The molecule has 0 unspecified atom stereocenters. The maximum atomic E-state index is 5.81. The molecule has 0 bridgehead atoms. The molecule has 3 nitrogen and oxygen atoms in total. The van der Waals surface area contributed by atoms with Gasteiger partial charge in [0.05, 0.1) is 12.4 Å². The molecular weight excluding hydrogens is 168 g/mol. The molecule has 3 atom stereocenters. The van der Waals surface area contributed by atoms with Gasteiger partial charge in [-0.05, 0) is 26.3 Å². The van der Waals surface area contributed by atoms with E-state index in [2.05, 4.69) is 13.0 Å². The van der Waals surface area contributed by atoms with Gasteiger partial charge in [0, 0.05) is 6.42 Å². The molecule has 2 fully saturated rings. The van der Waals surface area contributed by atoms with Crippen molar-refractivity contribution < 1.29 is 14.2 Å². The van der Waals surface area contributed by atoms with Crippen LogP contribution in [0.4, 0.5) is 0 Å². The van der Waals surface area contributed by atoms with E-state index in [1.807, 2.05) is 6.92 Å². The molecule has 2 saturated heterocycles. The Balaban J connectivity index is 1.93. The largest absolute Gasteiger partial charge is 0.464 e. The molecule has 3 heterocycles. The highest BCUT2D eigenvalue weighted by molar-refractivity contribution is 5.18. The number of rotatable bonds is 0. The molecular formula is C10H14O3. The lowest BCUT2D eigenvalue weighted by atomic mass is 9.93. The molecule has 0 amide bonds. The number of hydrogen-bond acceptors (Lipinski definition) is 3. The van der Waals surface area contributed by atoms with E-state index in [1.165, 1.54) is 0 Å². The maximum Gasteiger partial charge on any atom is 0.242 e. The van der Waals surface area contributed by atoms with E-state index >= 15 is 0 Å². The molecule has 3 heteroatoms. The Hall–Kier alpha value is -0.540. The number of ether oxygens (including phenoxy) is 3. The van der Waals surface area contributed by atoms with Crippen LogP contribution in [0.5, 0.6) is 0 Å². The molecule has 0 aromatic rings. The second-order valence-corrected chi connectivity index (χ2v) is 4.23. The molecule has 0 saturated carbocycles. The van der Waals surface area contributed by atoms with Gasteiger partial charge in [-0.15, -0.1) is 0 Å². The molecule has 0 aromatic heterocycles. The first kappa shape index (κ1) is 7.83. The van der Waals surface area contributed by atoms with Crippen molar-refractivity contribution in [3.8, 4) is 0 Å². The smallest absolute Gasteiger partial charge is 0.242 e. The van der Waals surface area contributed by atoms with Gasteiger partial charge in [0.15, 0.2) is 5.60 Å². The Bertz CT molecular complexity index is 284. The summed E-state index contributed by atoms with van der Waals surface area (Å²) in [4.78, 5) is 0. The van der Waals surface area contributed by atoms with Gasteiger partial charge in [0.1, 0.15) is 6.10 Å². The van der Waals surface area contributed by atoms with E-state index in [0.717, 1.165) is 18.6 Å². The number of hydrogen-bond donors (Lipinski definition) is 0. The molecule has 0 aliphatic carbocycles. The van der Waals surface area contributed by atoms with Crippen LogP contribution in [0.2, 0.25) is 0 Å². The van der Waals surface area contributed by atoms with E-state index in [1.54, 1.807) is 0 Å². The summed E-state index contributed by atoms with van der Waals surface area (Å²) in [7, 11) is 0. The molecule has 1 spiro atoms. The van der Waals surface area contributed by atoms with E-state index in [0.29, 0.717) is 6.61 Å². The summed E-state index contributed by atoms with van der Waals surface area (Å²) in [6.45, 7) is 4.75. The lowest BCUT2D eigenvalue weighted by Gasteiger charge is -2.37. The fourth-order valence-electron chi connectivity index (χ4n) is 2.41. The van der Waals surface area contributed by atoms with Gasteiger partial charge in [-0.3, -0.25) is 0 Å². The van der Waals surface area contributed by atoms with Crippen LogP contribution < -0.4 is 0 Å². The second kappa shape index (κ2) is 2.10. The number of epoxide rings is 1. The van der Waals surface area contributed by atoms with Crippen LogP contribution in [0.25, 0.3) is 0 Å². The van der Waals surface area contributed by atoms with Gasteiger partial charge in [-0.25, -0.2) is 0 Å². The average molecular weight is 182 g/mol. The molecule has 3 aliphatic rings. The van der Waals surface area contributed by atoms with Gasteiger partial charge >= 0.3 is 0 Å². The van der Waals surface area contributed by atoms with Crippen molar-refractivity contribution in [1.82, 2.24) is 0 Å². The van der Waals surface area contributed by atoms with Crippen LogP contribution in [0.1, 0.15) is 26.7 Å². The minimum atomic E-state index is -0.476. The molecule has 72 valence electrons. The van der Waals surface area contributed by atoms with Crippen molar-refractivity contribution in [2.45, 2.75) is 44.2 Å². The Morgan fingerprint density at radius 1 is 1.54 bits per heavy atom. The fraction of sp³-hybridized carbons (Fsp3) is 0.800. The van der Waals surface area contributed by atoms with E-state index in [-0.39, 0.29) is 11.7 Å². The Kier molecular flexibility index (Phi) is 1.26. The highest BCUT2D eigenvalue weighted by Crippen LogP contribution is 2.56. The summed E-state index contributed by atoms with van der Waals surface area (Å²) in [5.41, 5.74) is -0.178. The lowest BCUT2D eigenvalue weighted by Crippen LogP contribution is -2.46. The SMILES string of the molecule is CC1=CCC[C@@]2(OC[C@@H]3O[C@@]32C)O1. The van der Waals surface area contributed by atoms with Crippen LogP contribution in [-0.2, 0) is 14.2 Å². The summed E-state index contributed by atoms with van der Waals surface area (Å²) >= 11 is 0. The Morgan fingerprint density at radius 3 is 2.92 bits per heavy atom. The van der Waals surface area contributed by atoms with Gasteiger partial charge < -0.3 is 14.2 Å². The fourth-order valence-corrected chi connectivity index (χ4v) is 2.41. The van der Waals surface area contributed by atoms with E-state index < -0.39 is 5.79 Å². The summed E-state index contributed by atoms with van der Waals surface area (Å²) in [6.07, 6.45) is 4.31. The first-order valence-corrected chi connectivity index (χ1v) is 4.84. The summed E-state index contributed by atoms with van der Waals surface area (Å²) in [5, 5.41) is 0. The van der Waals surface area contributed by atoms with Crippen molar-refractivity contribution in [1.29, 1.82) is 0 Å². The third kappa shape index (κ3) is 0.816. The predicted molar refractivity (Wildman–Crippen MR) is 46.0 cm³/mol. The molecule has 0 aromatic carbocycles. The van der Waals surface area contributed by atoms with Crippen molar-refractivity contribution in [2.24, 2.45) is 0 Å². The topological polar surface area (TPSA) is 31.0 Å².